The molecule has 1 aromatic carbocycles. The Balaban J connectivity index is 1.44. The molecular formula is C35H42N4O4S2. The van der Waals surface area contributed by atoms with Crippen molar-refractivity contribution in [2.24, 2.45) is 17.6 Å². The predicted octanol–water partition coefficient (Wildman–Crippen LogP) is 6.17. The van der Waals surface area contributed by atoms with Gasteiger partial charge in [-0.25, -0.2) is 4.98 Å². The second-order valence-corrected chi connectivity index (χ2v) is 15.1. The number of nitrogens with one attached hydrogen (secondary N) is 1. The van der Waals surface area contributed by atoms with E-state index in [0.717, 1.165) is 65.8 Å². The second kappa shape index (κ2) is 13.6. The predicted molar refractivity (Wildman–Crippen MR) is 183 cm³/mol. The van der Waals surface area contributed by atoms with Gasteiger partial charge < -0.3 is 25.5 Å². The molecule has 1 aliphatic carbocycles. The van der Waals surface area contributed by atoms with Gasteiger partial charge in [-0.15, -0.1) is 0 Å². The molecule has 5 atom stereocenters. The van der Waals surface area contributed by atoms with Crippen molar-refractivity contribution in [2.45, 2.75) is 75.2 Å². The smallest absolute Gasteiger partial charge is 0.163 e. The number of rotatable bonds is 3. The summed E-state index contributed by atoms with van der Waals surface area (Å²) in [6.45, 7) is 2.18. The fourth-order valence-electron chi connectivity index (χ4n) is 7.27. The highest BCUT2D eigenvalue weighted by Gasteiger charge is 2.53. The molecule has 0 saturated heterocycles. The zero-order chi connectivity index (χ0) is 31.6. The van der Waals surface area contributed by atoms with Gasteiger partial charge in [0, 0.05) is 24.3 Å². The van der Waals surface area contributed by atoms with Gasteiger partial charge in [-0.1, -0.05) is 59.6 Å². The number of nitrogens with two attached hydrogens (primary N) is 1. The Morgan fingerprint density at radius 3 is 2.89 bits per heavy atom. The third-order valence-corrected chi connectivity index (χ3v) is 12.8. The summed E-state index contributed by atoms with van der Waals surface area (Å²) in [5.41, 5.74) is 11.6. The van der Waals surface area contributed by atoms with Crippen LogP contribution in [0.1, 0.15) is 68.7 Å². The van der Waals surface area contributed by atoms with Crippen molar-refractivity contribution in [3.63, 3.8) is 0 Å². The fraction of sp³-hybridized carbons (Fsp3) is 0.457. The van der Waals surface area contributed by atoms with Crippen LogP contribution in [0.5, 0.6) is 11.5 Å². The van der Waals surface area contributed by atoms with Crippen LogP contribution >= 0.6 is 21.6 Å². The maximum Gasteiger partial charge on any atom is 0.163 e. The zero-order valence-corrected chi connectivity index (χ0v) is 27.5. The molecule has 2 bridgehead atoms. The Morgan fingerprint density at radius 1 is 1.20 bits per heavy atom. The third kappa shape index (κ3) is 6.42. The highest BCUT2D eigenvalue weighted by molar-refractivity contribution is 8.77. The number of fused-ring (bicyclic) bond motifs is 5. The van der Waals surface area contributed by atoms with E-state index in [0.29, 0.717) is 30.4 Å². The van der Waals surface area contributed by atoms with E-state index in [2.05, 4.69) is 40.0 Å². The highest BCUT2D eigenvalue weighted by Crippen LogP contribution is 2.56. The fourth-order valence-corrected chi connectivity index (χ4v) is 11.0. The Bertz CT molecular complexity index is 1580. The number of nitrogens with zero attached hydrogens (tertiary/aromatic N) is 2. The molecule has 45 heavy (non-hydrogen) atoms. The normalized spacial score (nSPS) is 29.0. The van der Waals surface area contributed by atoms with Gasteiger partial charge in [-0.2, -0.15) is 0 Å². The van der Waals surface area contributed by atoms with Crippen molar-refractivity contribution in [3.05, 3.63) is 77.1 Å². The number of ketones is 2. The van der Waals surface area contributed by atoms with Gasteiger partial charge in [0.25, 0.3) is 0 Å². The number of dihydropyridines is 1. The Morgan fingerprint density at radius 2 is 2.07 bits per heavy atom. The third-order valence-electron chi connectivity index (χ3n) is 9.80. The minimum Gasteiger partial charge on any atom is -0.504 e. The van der Waals surface area contributed by atoms with E-state index in [1.54, 1.807) is 18.2 Å². The molecule has 6 rings (SSSR count). The Labute approximate surface area is 273 Å². The van der Waals surface area contributed by atoms with Crippen molar-refractivity contribution in [1.29, 1.82) is 0 Å². The number of hydrogen-bond donors (Lipinski definition) is 3. The van der Waals surface area contributed by atoms with Crippen LogP contribution in [-0.4, -0.2) is 50.5 Å². The molecule has 1 aromatic heterocycles. The largest absolute Gasteiger partial charge is 0.504 e. The minimum atomic E-state index is -0.355. The lowest BCUT2D eigenvalue weighted by Gasteiger charge is -2.47. The molecular weight excluding hydrogens is 605 g/mol. The van der Waals surface area contributed by atoms with Crippen molar-refractivity contribution in [3.8, 4) is 11.5 Å². The Kier molecular flexibility index (Phi) is 9.63. The number of aromatic hydroxyl groups is 1. The maximum absolute atomic E-state index is 12.8. The molecule has 2 aromatic rings. The number of aromatic nitrogens is 2. The van der Waals surface area contributed by atoms with E-state index in [1.807, 2.05) is 40.3 Å². The standard InChI is InChI=1S/C35H42N4O4S2/c1-3-22-6-10-28(40)17-29(41)11-7-24-16-32(43-2)31(42)15-25(24)13-23-14-30(34(36)38-18-23)33(45-44-20-22)35-12-4-5-26(35)8-9-27-19-37-21-39(27)35/h7-9,11,14-16,18-19,21-22,26,33-34,38,42H,3-6,10,12-13,17,20,36H2,1-2H3. The summed E-state index contributed by atoms with van der Waals surface area (Å²) in [7, 11) is 5.28. The lowest BCUT2D eigenvalue weighted by atomic mass is 9.76. The van der Waals surface area contributed by atoms with Gasteiger partial charge in [0.15, 0.2) is 17.3 Å². The molecule has 0 radical (unpaired) electrons. The van der Waals surface area contributed by atoms with Gasteiger partial charge in [-0.05, 0) is 78.2 Å². The van der Waals surface area contributed by atoms with E-state index < -0.39 is 0 Å². The SMILES string of the molecule is CCC1CCC(=O)CC(=O)C=Cc2cc(OC)c(O)cc2CC2=CNC(N)C(=C2)C(C23CCCC2C=Cc2cncn23)SSC1. The first-order valence-electron chi connectivity index (χ1n) is 15.9. The maximum atomic E-state index is 12.8. The number of hydrogen-bond acceptors (Lipinski definition) is 9. The van der Waals surface area contributed by atoms with Crippen molar-refractivity contribution < 1.29 is 19.4 Å². The van der Waals surface area contributed by atoms with E-state index >= 15 is 0 Å². The van der Waals surface area contributed by atoms with Crippen LogP contribution in [0.3, 0.4) is 0 Å². The summed E-state index contributed by atoms with van der Waals surface area (Å²) in [5, 5.41) is 14.2. The summed E-state index contributed by atoms with van der Waals surface area (Å²) in [6.07, 6.45) is 21.4. The average Bonchev–Trinajstić information content (AvgIpc) is 3.69. The number of ether oxygens (including phenoxy) is 1. The van der Waals surface area contributed by atoms with Crippen molar-refractivity contribution in [1.82, 2.24) is 14.9 Å². The number of Topliss-reactive ketones (excluding diaryl/α,β-unsaturated/α-hetero) is 1. The van der Waals surface area contributed by atoms with E-state index in [9.17, 15) is 14.7 Å². The summed E-state index contributed by atoms with van der Waals surface area (Å²) in [6, 6.07) is 3.43. The summed E-state index contributed by atoms with van der Waals surface area (Å²) < 4.78 is 7.78. The first-order chi connectivity index (χ1) is 21.8. The summed E-state index contributed by atoms with van der Waals surface area (Å²) in [4.78, 5) is 30.2. The lowest BCUT2D eigenvalue weighted by Crippen LogP contribution is -2.53. The molecule has 1 saturated carbocycles. The van der Waals surface area contributed by atoms with Gasteiger partial charge in [0.05, 0.1) is 48.7 Å². The van der Waals surface area contributed by atoms with Gasteiger partial charge in [0.2, 0.25) is 0 Å². The van der Waals surface area contributed by atoms with Crippen LogP contribution in [0.15, 0.2) is 60.2 Å². The molecule has 10 heteroatoms. The molecule has 3 aliphatic heterocycles. The van der Waals surface area contributed by atoms with Crippen molar-refractivity contribution >= 4 is 45.3 Å². The Hall–Kier alpha value is -3.21. The first kappa shape index (κ1) is 31.8. The van der Waals surface area contributed by atoms with Crippen LogP contribution in [0.25, 0.3) is 12.2 Å². The highest BCUT2D eigenvalue weighted by atomic mass is 33.1. The molecule has 0 amide bonds. The number of carbonyl (C=O) groups is 2. The van der Waals surface area contributed by atoms with Crippen LogP contribution < -0.4 is 15.8 Å². The van der Waals surface area contributed by atoms with Gasteiger partial charge in [0.1, 0.15) is 5.78 Å². The van der Waals surface area contributed by atoms with E-state index in [-0.39, 0.29) is 40.7 Å². The van der Waals surface area contributed by atoms with E-state index in [4.69, 9.17) is 10.5 Å². The number of allylic oxidation sites excluding steroid dienone is 4. The van der Waals surface area contributed by atoms with Gasteiger partial charge in [-0.3, -0.25) is 9.59 Å². The summed E-state index contributed by atoms with van der Waals surface area (Å²) in [5.74, 6) is 1.76. The zero-order valence-electron chi connectivity index (χ0n) is 25.9. The van der Waals surface area contributed by atoms with Crippen LogP contribution in [0.4, 0.5) is 0 Å². The molecule has 4 N–H and O–H groups in total. The van der Waals surface area contributed by atoms with E-state index in [1.165, 1.54) is 13.2 Å². The number of phenolic OH excluding ortho intramolecular Hbond substituents is 1. The molecule has 1 fully saturated rings. The molecule has 0 spiro atoms. The topological polar surface area (TPSA) is 119 Å². The van der Waals surface area contributed by atoms with Gasteiger partial charge >= 0.3 is 0 Å². The monoisotopic (exact) mass is 646 g/mol. The average molecular weight is 647 g/mol. The molecule has 4 heterocycles. The lowest BCUT2D eigenvalue weighted by molar-refractivity contribution is -0.124. The summed E-state index contributed by atoms with van der Waals surface area (Å²) >= 11 is 0. The molecule has 8 nitrogen and oxygen atoms in total. The van der Waals surface area contributed by atoms with Crippen molar-refractivity contribution in [2.75, 3.05) is 12.9 Å². The molecule has 4 aliphatic rings. The van der Waals surface area contributed by atoms with Crippen LogP contribution in [-0.2, 0) is 21.5 Å². The number of methoxy groups -OCH3 is 1. The number of carbonyl (C=O) groups excluding carboxylic acids is 2. The number of imidazole rings is 1. The minimum absolute atomic E-state index is 0.0283. The van der Waals surface area contributed by atoms with Crippen LogP contribution in [0, 0.1) is 11.8 Å². The number of phenols is 1. The first-order valence-corrected chi connectivity index (χ1v) is 18.2. The number of benzene rings is 1. The molecule has 238 valence electrons. The van der Waals surface area contributed by atoms with Crippen LogP contribution in [0.2, 0.25) is 0 Å². The molecule has 5 unspecified atom stereocenters. The second-order valence-electron chi connectivity index (χ2n) is 12.5. The quantitative estimate of drug-likeness (QED) is 0.266.